The maximum absolute atomic E-state index is 13.3. The summed E-state index contributed by atoms with van der Waals surface area (Å²) in [7, 11) is 0. The molecule has 2 heterocycles. The van der Waals surface area contributed by atoms with Crippen molar-refractivity contribution in [3.05, 3.63) is 23.8 Å². The molecule has 2 aliphatic heterocycles. The second-order valence-electron chi connectivity index (χ2n) is 13.7. The Kier molecular flexibility index (Phi) is 10.4. The molecule has 0 aromatic carbocycles. The number of hydrogen-bond donors (Lipinski definition) is 2. The van der Waals surface area contributed by atoms with E-state index in [0.29, 0.717) is 6.42 Å². The molecule has 0 radical (unpaired) electrons. The first kappa shape index (κ1) is 36.5. The number of aliphatic hydroxyl groups is 2. The van der Waals surface area contributed by atoms with E-state index in [-0.39, 0.29) is 12.0 Å². The van der Waals surface area contributed by atoms with Crippen LogP contribution < -0.4 is 0 Å². The van der Waals surface area contributed by atoms with E-state index in [4.69, 9.17) is 28.4 Å². The van der Waals surface area contributed by atoms with Crippen molar-refractivity contribution >= 4 is 29.8 Å². The number of carbonyl (C=O) groups is 5. The van der Waals surface area contributed by atoms with Crippen molar-refractivity contribution in [2.45, 2.75) is 147 Å². The number of rotatable bonds is 10. The molecule has 11 atom stereocenters. The van der Waals surface area contributed by atoms with Gasteiger partial charge in [0.05, 0.1) is 0 Å². The smallest absolute Gasteiger partial charge is 0.342 e. The summed E-state index contributed by atoms with van der Waals surface area (Å²) in [5.41, 5.74) is -6.86. The molecule has 0 aromatic heterocycles. The first-order chi connectivity index (χ1) is 21.9. The predicted octanol–water partition coefficient (Wildman–Crippen LogP) is 2.77. The number of fused-ring (bicyclic) bond motifs is 1. The van der Waals surface area contributed by atoms with Gasteiger partial charge in [-0.2, -0.15) is 0 Å². The van der Waals surface area contributed by atoms with Crippen molar-refractivity contribution in [1.29, 1.82) is 0 Å². The highest BCUT2D eigenvalue weighted by Crippen LogP contribution is 2.65. The molecule has 262 valence electrons. The second kappa shape index (κ2) is 13.3. The minimum absolute atomic E-state index is 0.0380. The molecule has 47 heavy (non-hydrogen) atoms. The summed E-state index contributed by atoms with van der Waals surface area (Å²) in [5, 5.41) is 24.2. The molecule has 4 aliphatic rings. The number of epoxide rings is 1. The lowest BCUT2D eigenvalue weighted by Crippen LogP contribution is -2.69. The Morgan fingerprint density at radius 3 is 2.06 bits per heavy atom. The van der Waals surface area contributed by atoms with E-state index in [1.54, 1.807) is 6.92 Å². The van der Waals surface area contributed by atoms with Crippen molar-refractivity contribution in [2.75, 3.05) is 0 Å². The highest BCUT2D eigenvalue weighted by atomic mass is 16.7. The van der Waals surface area contributed by atoms with Crippen LogP contribution in [0.1, 0.15) is 93.9 Å². The molecular weight excluding hydrogens is 616 g/mol. The van der Waals surface area contributed by atoms with Crippen LogP contribution in [0.5, 0.6) is 0 Å². The van der Waals surface area contributed by atoms with Gasteiger partial charge in [0.15, 0.2) is 29.5 Å². The van der Waals surface area contributed by atoms with Gasteiger partial charge in [-0.1, -0.05) is 45.6 Å². The number of hydrogen-bond acceptors (Lipinski definition) is 13. The Morgan fingerprint density at radius 2 is 1.49 bits per heavy atom. The van der Waals surface area contributed by atoms with E-state index in [0.717, 1.165) is 46.5 Å². The monoisotopic (exact) mass is 664 g/mol. The minimum Gasteiger partial charge on any atom is -0.459 e. The van der Waals surface area contributed by atoms with Crippen LogP contribution >= 0.6 is 0 Å². The van der Waals surface area contributed by atoms with Gasteiger partial charge in [-0.25, -0.2) is 4.79 Å². The number of esters is 5. The van der Waals surface area contributed by atoms with Crippen molar-refractivity contribution in [1.82, 2.24) is 0 Å². The predicted molar refractivity (Wildman–Crippen MR) is 163 cm³/mol. The summed E-state index contributed by atoms with van der Waals surface area (Å²) >= 11 is 0. The third-order valence-electron chi connectivity index (χ3n) is 10.1. The second-order valence-corrected chi connectivity index (χ2v) is 13.7. The van der Waals surface area contributed by atoms with Crippen molar-refractivity contribution in [3.8, 4) is 0 Å². The Hall–Kier alpha value is -3.29. The molecule has 0 bridgehead atoms. The zero-order chi connectivity index (χ0) is 35.1. The minimum atomic E-state index is -2.10. The molecule has 2 N–H and O–H groups in total. The lowest BCUT2D eigenvalue weighted by atomic mass is 9.55. The van der Waals surface area contributed by atoms with Crippen LogP contribution in [0.4, 0.5) is 0 Å². The van der Waals surface area contributed by atoms with Gasteiger partial charge in [0.25, 0.3) is 0 Å². The number of ether oxygens (including phenoxy) is 6. The van der Waals surface area contributed by atoms with E-state index >= 15 is 0 Å². The lowest BCUT2D eigenvalue weighted by molar-refractivity contribution is -0.232. The Labute approximate surface area is 274 Å². The van der Waals surface area contributed by atoms with Gasteiger partial charge in [0, 0.05) is 38.5 Å². The van der Waals surface area contributed by atoms with Crippen LogP contribution in [0.25, 0.3) is 0 Å². The summed E-state index contributed by atoms with van der Waals surface area (Å²) in [4.78, 5) is 64.3. The molecule has 0 amide bonds. The van der Waals surface area contributed by atoms with Gasteiger partial charge < -0.3 is 38.6 Å². The first-order valence-electron chi connectivity index (χ1n) is 16.3. The molecule has 4 rings (SSSR count). The number of aliphatic hydroxyl groups excluding tert-OH is 1. The zero-order valence-corrected chi connectivity index (χ0v) is 28.4. The fourth-order valence-electron chi connectivity index (χ4n) is 7.73. The standard InChI is InChI=1S/C34H48O13/c1-9-10-11-12-13-14-24(38)46-26-25(39)18(2)17-23-34(33(8,47-34)30(40)45-23)29(44-21(5)37)27-31(6,28(26)43-20(4)36)16-15-22(32(27,7)41)42-19(3)35/h15-17,22-23,25-29,39,41H,9-14H2,1-8H3/t22-,23+,25+,26-,27-,28+,29-,31+,32-,33+,34+/m1/s1. The Bertz CT molecular complexity index is 1330. The van der Waals surface area contributed by atoms with Crippen LogP contribution in [0, 0.1) is 11.3 Å². The van der Waals surface area contributed by atoms with E-state index in [1.807, 2.05) is 0 Å². The molecule has 2 fully saturated rings. The highest BCUT2D eigenvalue weighted by Gasteiger charge is 2.88. The molecule has 2 saturated heterocycles. The summed E-state index contributed by atoms with van der Waals surface area (Å²) in [6, 6.07) is 0. The first-order valence-corrected chi connectivity index (χ1v) is 16.3. The number of unbranched alkanes of at least 4 members (excludes halogenated alkanes) is 4. The molecular formula is C34H48O13. The van der Waals surface area contributed by atoms with Gasteiger partial charge in [-0.15, -0.1) is 0 Å². The van der Waals surface area contributed by atoms with Crippen LogP contribution in [-0.4, -0.2) is 93.5 Å². The van der Waals surface area contributed by atoms with Crippen LogP contribution in [0.2, 0.25) is 0 Å². The van der Waals surface area contributed by atoms with Gasteiger partial charge in [0.1, 0.15) is 23.9 Å². The fraction of sp³-hybridized carbons (Fsp3) is 0.735. The lowest BCUT2D eigenvalue weighted by Gasteiger charge is -2.56. The Morgan fingerprint density at radius 1 is 0.894 bits per heavy atom. The van der Waals surface area contributed by atoms with Crippen molar-refractivity contribution < 1.29 is 62.6 Å². The highest BCUT2D eigenvalue weighted by molar-refractivity contribution is 5.89. The summed E-state index contributed by atoms with van der Waals surface area (Å²) in [6.45, 7) is 11.5. The molecule has 2 aliphatic carbocycles. The van der Waals surface area contributed by atoms with Crippen molar-refractivity contribution in [3.63, 3.8) is 0 Å². The van der Waals surface area contributed by atoms with Crippen LogP contribution in [0.15, 0.2) is 23.8 Å². The van der Waals surface area contributed by atoms with E-state index in [9.17, 15) is 34.2 Å². The van der Waals surface area contributed by atoms with Gasteiger partial charge in [-0.05, 0) is 44.9 Å². The number of carbonyl (C=O) groups excluding carboxylic acids is 5. The molecule has 0 unspecified atom stereocenters. The third kappa shape index (κ3) is 6.46. The van der Waals surface area contributed by atoms with Gasteiger partial charge >= 0.3 is 29.8 Å². The zero-order valence-electron chi connectivity index (χ0n) is 28.4. The average Bonchev–Trinajstić information content (AvgIpc) is 3.55. The maximum atomic E-state index is 13.3. The quantitative estimate of drug-likeness (QED) is 0.114. The molecule has 1 spiro atoms. The van der Waals surface area contributed by atoms with E-state index < -0.39 is 94.6 Å². The summed E-state index contributed by atoms with van der Waals surface area (Å²) < 4.78 is 35.2. The average molecular weight is 665 g/mol. The van der Waals surface area contributed by atoms with Crippen LogP contribution in [0.3, 0.4) is 0 Å². The summed E-state index contributed by atoms with van der Waals surface area (Å²) in [5.74, 6) is -5.08. The maximum Gasteiger partial charge on any atom is 0.342 e. The molecule has 13 heteroatoms. The van der Waals surface area contributed by atoms with Gasteiger partial charge in [-0.3, -0.25) is 19.2 Å². The van der Waals surface area contributed by atoms with Crippen LogP contribution in [-0.2, 0) is 52.4 Å². The molecule has 0 saturated carbocycles. The summed E-state index contributed by atoms with van der Waals surface area (Å²) in [6.07, 6.45) is 0.0827. The normalized spacial score (nSPS) is 40.4. The Balaban J connectivity index is 1.96. The SMILES string of the molecule is CCCCCCCC(=O)O[C@@H]1[C@@H](O)C(C)=C[C@@H]2OC(=O)[C@]3(C)O[C@]23[C@H](OC(C)=O)[C@H]2[C@](C)(O)[C@H](OC(C)=O)C=C[C@]2(C)[C@H]1OC(C)=O. The van der Waals surface area contributed by atoms with Gasteiger partial charge in [0.2, 0.25) is 0 Å². The van der Waals surface area contributed by atoms with E-state index in [2.05, 4.69) is 6.92 Å². The topological polar surface area (TPSA) is 184 Å². The largest absolute Gasteiger partial charge is 0.459 e. The fourth-order valence-corrected chi connectivity index (χ4v) is 7.73. The van der Waals surface area contributed by atoms with E-state index in [1.165, 1.54) is 39.0 Å². The molecule has 13 nitrogen and oxygen atoms in total. The molecule has 0 aromatic rings. The van der Waals surface area contributed by atoms with Crippen molar-refractivity contribution in [2.24, 2.45) is 11.3 Å². The third-order valence-corrected chi connectivity index (χ3v) is 10.1.